The van der Waals surface area contributed by atoms with Crippen molar-refractivity contribution in [3.63, 3.8) is 0 Å². The Labute approximate surface area is 87.3 Å². The molecule has 1 rings (SSSR count). The van der Waals surface area contributed by atoms with Crippen LogP contribution in [0, 0.1) is 18.3 Å². The minimum Gasteiger partial charge on any atom is -0.478 e. The highest BCUT2D eigenvalue weighted by molar-refractivity contribution is 5.96. The van der Waals surface area contributed by atoms with Gasteiger partial charge in [-0.3, -0.25) is 0 Å². The van der Waals surface area contributed by atoms with Gasteiger partial charge in [0.2, 0.25) is 0 Å². The number of benzene rings is 1. The maximum absolute atomic E-state index is 10.8. The first-order valence-electron chi connectivity index (χ1n) is 4.26. The number of aromatic carboxylic acids is 1. The average Bonchev–Trinajstić information content (AvgIpc) is 2.18. The Kier molecular flexibility index (Phi) is 3.09. The van der Waals surface area contributed by atoms with Crippen molar-refractivity contribution in [3.8, 4) is 6.07 Å². The highest BCUT2D eigenvalue weighted by Gasteiger charge is 2.10. The van der Waals surface area contributed by atoms with Crippen LogP contribution in [-0.4, -0.2) is 11.1 Å². The Morgan fingerprint density at radius 2 is 2.27 bits per heavy atom. The lowest BCUT2D eigenvalue weighted by Gasteiger charge is -2.06. The van der Waals surface area contributed by atoms with E-state index >= 15 is 0 Å². The Balaban J connectivity index is 3.36. The third kappa shape index (κ3) is 2.35. The molecule has 0 atom stereocenters. The van der Waals surface area contributed by atoms with E-state index in [1.807, 2.05) is 6.07 Å². The van der Waals surface area contributed by atoms with Gasteiger partial charge >= 0.3 is 5.97 Å². The van der Waals surface area contributed by atoms with Gasteiger partial charge in [-0.2, -0.15) is 5.26 Å². The first-order chi connectivity index (χ1) is 7.06. The summed E-state index contributed by atoms with van der Waals surface area (Å²) in [4.78, 5) is 10.8. The van der Waals surface area contributed by atoms with Gasteiger partial charge in [0.05, 0.1) is 17.3 Å². The molecule has 0 fully saturated rings. The zero-order valence-corrected chi connectivity index (χ0v) is 8.19. The lowest BCUT2D eigenvalue weighted by molar-refractivity contribution is 0.0698. The number of nitrogens with zero attached hydrogens (tertiary/aromatic N) is 1. The summed E-state index contributed by atoms with van der Waals surface area (Å²) in [6, 6.07) is 5.06. The SMILES string of the molecule is Cc1cc(C=CC#N)c(N)c(C(=O)O)c1. The molecule has 1 aromatic carbocycles. The number of nitrogen functional groups attached to an aromatic ring is 1. The molecule has 4 heteroatoms. The van der Waals surface area contributed by atoms with E-state index in [9.17, 15) is 4.79 Å². The average molecular weight is 202 g/mol. The molecule has 76 valence electrons. The van der Waals surface area contributed by atoms with Crippen molar-refractivity contribution in [2.45, 2.75) is 6.92 Å². The number of carboxylic acid groups (broad SMARTS) is 1. The molecule has 4 nitrogen and oxygen atoms in total. The van der Waals surface area contributed by atoms with E-state index in [-0.39, 0.29) is 11.3 Å². The molecule has 0 amide bonds. The summed E-state index contributed by atoms with van der Waals surface area (Å²) in [5, 5.41) is 17.2. The number of carbonyl (C=O) groups is 1. The number of rotatable bonds is 2. The molecule has 0 heterocycles. The summed E-state index contributed by atoms with van der Waals surface area (Å²) in [6.45, 7) is 1.77. The molecule has 0 saturated heterocycles. The smallest absolute Gasteiger partial charge is 0.337 e. The third-order valence-corrected chi connectivity index (χ3v) is 1.92. The first-order valence-corrected chi connectivity index (χ1v) is 4.26. The third-order valence-electron chi connectivity index (χ3n) is 1.92. The topological polar surface area (TPSA) is 87.1 Å². The van der Waals surface area contributed by atoms with Crippen molar-refractivity contribution in [3.05, 3.63) is 34.9 Å². The van der Waals surface area contributed by atoms with Crippen LogP contribution >= 0.6 is 0 Å². The van der Waals surface area contributed by atoms with Gasteiger partial charge in [0, 0.05) is 6.08 Å². The van der Waals surface area contributed by atoms with Crippen LogP contribution in [0.3, 0.4) is 0 Å². The number of nitrogens with two attached hydrogens (primary N) is 1. The van der Waals surface area contributed by atoms with Gasteiger partial charge in [-0.25, -0.2) is 4.79 Å². The lowest BCUT2D eigenvalue weighted by Crippen LogP contribution is -2.04. The van der Waals surface area contributed by atoms with Gasteiger partial charge < -0.3 is 10.8 Å². The maximum atomic E-state index is 10.8. The molecule has 15 heavy (non-hydrogen) atoms. The quantitative estimate of drug-likeness (QED) is 0.565. The van der Waals surface area contributed by atoms with Gasteiger partial charge in [-0.1, -0.05) is 0 Å². The van der Waals surface area contributed by atoms with Crippen LogP contribution < -0.4 is 5.73 Å². The molecule has 0 unspecified atom stereocenters. The number of allylic oxidation sites excluding steroid dienone is 1. The number of hydrogen-bond acceptors (Lipinski definition) is 3. The first kappa shape index (κ1) is 10.8. The zero-order chi connectivity index (χ0) is 11.4. The second kappa shape index (κ2) is 4.29. The highest BCUT2D eigenvalue weighted by Crippen LogP contribution is 2.21. The standard InChI is InChI=1S/C11H10N2O2/c1-7-5-8(3-2-4-12)10(13)9(6-7)11(14)15/h2-3,5-6H,13H2,1H3,(H,14,15). The second-order valence-electron chi connectivity index (χ2n) is 3.08. The van der Waals surface area contributed by atoms with E-state index in [0.717, 1.165) is 5.56 Å². The van der Waals surface area contributed by atoms with E-state index in [1.54, 1.807) is 13.0 Å². The van der Waals surface area contributed by atoms with Crippen molar-refractivity contribution < 1.29 is 9.90 Å². The molecular weight excluding hydrogens is 192 g/mol. The molecule has 0 bridgehead atoms. The molecule has 0 aliphatic rings. The van der Waals surface area contributed by atoms with E-state index in [0.29, 0.717) is 5.56 Å². The fourth-order valence-corrected chi connectivity index (χ4v) is 1.27. The van der Waals surface area contributed by atoms with E-state index in [2.05, 4.69) is 0 Å². The van der Waals surface area contributed by atoms with Crippen LogP contribution in [0.2, 0.25) is 0 Å². The van der Waals surface area contributed by atoms with Gasteiger partial charge in [-0.05, 0) is 36.3 Å². The molecule has 3 N–H and O–H groups in total. The lowest BCUT2D eigenvalue weighted by atomic mass is 10.0. The number of aryl methyl sites for hydroxylation is 1. The van der Waals surface area contributed by atoms with Crippen molar-refractivity contribution >= 4 is 17.7 Å². The summed E-state index contributed by atoms with van der Waals surface area (Å²) >= 11 is 0. The highest BCUT2D eigenvalue weighted by atomic mass is 16.4. The van der Waals surface area contributed by atoms with Crippen molar-refractivity contribution in [1.29, 1.82) is 5.26 Å². The van der Waals surface area contributed by atoms with E-state index in [1.165, 1.54) is 18.2 Å². The molecule has 1 aromatic rings. The Hall–Kier alpha value is -2.28. The molecule has 0 aliphatic carbocycles. The van der Waals surface area contributed by atoms with Crippen LogP contribution in [0.25, 0.3) is 6.08 Å². The Morgan fingerprint density at radius 3 is 2.80 bits per heavy atom. The van der Waals surface area contributed by atoms with Gasteiger partial charge in [0.25, 0.3) is 0 Å². The maximum Gasteiger partial charge on any atom is 0.337 e. The van der Waals surface area contributed by atoms with Crippen LogP contribution in [0.1, 0.15) is 21.5 Å². The van der Waals surface area contributed by atoms with Crippen LogP contribution in [-0.2, 0) is 0 Å². The summed E-state index contributed by atoms with van der Waals surface area (Å²) < 4.78 is 0. The molecular formula is C11H10N2O2. The summed E-state index contributed by atoms with van der Waals surface area (Å²) in [6.07, 6.45) is 2.76. The van der Waals surface area contributed by atoms with E-state index in [4.69, 9.17) is 16.1 Å². The molecule has 0 aliphatic heterocycles. The van der Waals surface area contributed by atoms with Crippen molar-refractivity contribution in [2.24, 2.45) is 0 Å². The second-order valence-corrected chi connectivity index (χ2v) is 3.08. The fourth-order valence-electron chi connectivity index (χ4n) is 1.27. The van der Waals surface area contributed by atoms with Gasteiger partial charge in [0.1, 0.15) is 0 Å². The van der Waals surface area contributed by atoms with Gasteiger partial charge in [0.15, 0.2) is 0 Å². The van der Waals surface area contributed by atoms with Crippen LogP contribution in [0.5, 0.6) is 0 Å². The van der Waals surface area contributed by atoms with Gasteiger partial charge in [-0.15, -0.1) is 0 Å². The molecule has 0 radical (unpaired) electrons. The Bertz CT molecular complexity index is 470. The largest absolute Gasteiger partial charge is 0.478 e. The monoisotopic (exact) mass is 202 g/mol. The number of carboxylic acids is 1. The van der Waals surface area contributed by atoms with Crippen LogP contribution in [0.4, 0.5) is 5.69 Å². The van der Waals surface area contributed by atoms with E-state index < -0.39 is 5.97 Å². The van der Waals surface area contributed by atoms with Crippen molar-refractivity contribution in [2.75, 3.05) is 5.73 Å². The molecule has 0 saturated carbocycles. The molecule has 0 spiro atoms. The van der Waals surface area contributed by atoms with Crippen LogP contribution in [0.15, 0.2) is 18.2 Å². The minimum atomic E-state index is -1.07. The minimum absolute atomic E-state index is 0.0626. The summed E-state index contributed by atoms with van der Waals surface area (Å²) in [5.74, 6) is -1.07. The van der Waals surface area contributed by atoms with Crippen molar-refractivity contribution in [1.82, 2.24) is 0 Å². The zero-order valence-electron chi connectivity index (χ0n) is 8.19. The number of anilines is 1. The normalized spacial score (nSPS) is 10.1. The number of nitriles is 1. The summed E-state index contributed by atoms with van der Waals surface area (Å²) in [7, 11) is 0. The summed E-state index contributed by atoms with van der Waals surface area (Å²) in [5.41, 5.74) is 7.24. The molecule has 0 aromatic heterocycles. The fraction of sp³-hybridized carbons (Fsp3) is 0.0909. The number of hydrogen-bond donors (Lipinski definition) is 2. The Morgan fingerprint density at radius 1 is 1.60 bits per heavy atom. The predicted molar refractivity (Wildman–Crippen MR) is 57.2 cm³/mol. The predicted octanol–water partition coefficient (Wildman–Crippen LogP) is 1.81.